The van der Waals surface area contributed by atoms with E-state index in [0.29, 0.717) is 23.6 Å². The zero-order chi connectivity index (χ0) is 21.0. The van der Waals surface area contributed by atoms with Gasteiger partial charge in [-0.25, -0.2) is 0 Å². The van der Waals surface area contributed by atoms with Gasteiger partial charge in [0.15, 0.2) is 6.29 Å². The summed E-state index contributed by atoms with van der Waals surface area (Å²) in [5.74, 6) is 0.781. The molecule has 0 unspecified atom stereocenters. The third-order valence-electron chi connectivity index (χ3n) is 4.80. The van der Waals surface area contributed by atoms with Gasteiger partial charge in [0.25, 0.3) is 0 Å². The lowest BCUT2D eigenvalue weighted by Gasteiger charge is -2.22. The van der Waals surface area contributed by atoms with Crippen LogP contribution in [-0.4, -0.2) is 46.5 Å². The van der Waals surface area contributed by atoms with Gasteiger partial charge in [-0.15, -0.1) is 0 Å². The Morgan fingerprint density at radius 3 is 2.48 bits per heavy atom. The summed E-state index contributed by atoms with van der Waals surface area (Å²) < 4.78 is 10.7. The monoisotopic (exact) mass is 419 g/mol. The number of aliphatic hydroxyl groups is 3. The summed E-state index contributed by atoms with van der Waals surface area (Å²) in [4.78, 5) is 2.83. The fourth-order valence-corrected chi connectivity index (χ4v) is 3.51. The molecule has 1 fully saturated rings. The van der Waals surface area contributed by atoms with Gasteiger partial charge in [0, 0.05) is 9.93 Å². The number of hydrogen-bond donors (Lipinski definition) is 3. The fraction of sp³-hybridized carbons (Fsp3) is 0.400. The molecule has 0 radical (unpaired) electrons. The van der Waals surface area contributed by atoms with Crippen molar-refractivity contribution in [2.24, 2.45) is 5.11 Å². The Balaban J connectivity index is 1.87. The van der Waals surface area contributed by atoms with Gasteiger partial charge in [-0.3, -0.25) is 0 Å². The Labute approximate surface area is 172 Å². The van der Waals surface area contributed by atoms with Crippen LogP contribution in [0.25, 0.3) is 10.4 Å². The first-order valence-corrected chi connectivity index (χ1v) is 9.56. The van der Waals surface area contributed by atoms with Crippen LogP contribution < -0.4 is 4.74 Å². The highest BCUT2D eigenvalue weighted by atomic mass is 35.5. The van der Waals surface area contributed by atoms with Crippen LogP contribution in [0, 0.1) is 0 Å². The largest absolute Gasteiger partial charge is 0.494 e. The van der Waals surface area contributed by atoms with Crippen LogP contribution in [0.2, 0.25) is 5.02 Å². The number of aliphatic hydroxyl groups excluding tert-OH is 3. The highest BCUT2D eigenvalue weighted by Crippen LogP contribution is 2.35. The summed E-state index contributed by atoms with van der Waals surface area (Å²) >= 11 is 6.35. The Hall–Kier alpha value is -2.32. The first-order chi connectivity index (χ1) is 13.9. The molecule has 2 aromatic rings. The van der Waals surface area contributed by atoms with E-state index < -0.39 is 30.6 Å². The predicted octanol–water partition coefficient (Wildman–Crippen LogP) is 3.12. The molecule has 0 spiro atoms. The molecule has 1 saturated heterocycles. The first kappa shape index (κ1) is 21.4. The Morgan fingerprint density at radius 2 is 1.90 bits per heavy atom. The Kier molecular flexibility index (Phi) is 6.97. The second-order valence-corrected chi connectivity index (χ2v) is 7.13. The smallest absolute Gasteiger partial charge is 0.183 e. The number of hydrogen-bond acceptors (Lipinski definition) is 6. The minimum atomic E-state index is -1.55. The summed E-state index contributed by atoms with van der Waals surface area (Å²) in [7, 11) is 0. The summed E-state index contributed by atoms with van der Waals surface area (Å²) in [5, 5.41) is 33.8. The summed E-state index contributed by atoms with van der Waals surface area (Å²) in [5.41, 5.74) is 11.3. The van der Waals surface area contributed by atoms with Gasteiger partial charge in [-0.1, -0.05) is 41.0 Å². The van der Waals surface area contributed by atoms with E-state index >= 15 is 0 Å². The molecule has 0 aromatic heterocycles. The third-order valence-corrected chi connectivity index (χ3v) is 5.17. The van der Waals surface area contributed by atoms with Crippen molar-refractivity contribution >= 4 is 11.6 Å². The molecule has 2 aromatic carbocycles. The van der Waals surface area contributed by atoms with E-state index in [1.165, 1.54) is 0 Å². The SMILES string of the molecule is CCOc1ccc(Cc2cc([C@H](N=[N+]=[N-])[C@@H]3O[C@@H](O)[C@@H](O)[C@@H]3O)ccc2Cl)cc1. The molecule has 3 rings (SSSR count). The normalized spacial score (nSPS) is 24.7. The fourth-order valence-electron chi connectivity index (χ4n) is 3.33. The van der Waals surface area contributed by atoms with Gasteiger partial charge in [0.1, 0.15) is 24.1 Å². The van der Waals surface area contributed by atoms with Gasteiger partial charge >= 0.3 is 0 Å². The molecule has 0 saturated carbocycles. The number of azide groups is 1. The molecule has 0 amide bonds. The zero-order valence-electron chi connectivity index (χ0n) is 15.7. The second kappa shape index (κ2) is 9.45. The van der Waals surface area contributed by atoms with E-state index in [0.717, 1.165) is 16.9 Å². The van der Waals surface area contributed by atoms with Gasteiger partial charge in [0.2, 0.25) is 0 Å². The second-order valence-electron chi connectivity index (χ2n) is 6.73. The molecule has 1 aliphatic heterocycles. The van der Waals surface area contributed by atoms with Gasteiger partial charge in [0.05, 0.1) is 12.6 Å². The standard InChI is InChI=1S/C20H22ClN3O5/c1-2-28-14-6-3-11(4-7-14)9-13-10-12(5-8-15(13)21)16(23-24-22)19-17(25)18(26)20(27)29-19/h3-8,10,16-20,25-27H,2,9H2,1H3/t16-,17-,18-,19-,20+/m0/s1. The van der Waals surface area contributed by atoms with Crippen molar-refractivity contribution in [3.63, 3.8) is 0 Å². The molecular weight excluding hydrogens is 398 g/mol. The predicted molar refractivity (Wildman–Crippen MR) is 107 cm³/mol. The van der Waals surface area contributed by atoms with Gasteiger partial charge in [-0.2, -0.15) is 0 Å². The maximum absolute atomic E-state index is 10.2. The molecular formula is C20H22ClN3O5. The van der Waals surface area contributed by atoms with Crippen LogP contribution in [0.5, 0.6) is 5.75 Å². The summed E-state index contributed by atoms with van der Waals surface area (Å²) in [6, 6.07) is 11.8. The van der Waals surface area contributed by atoms with Crippen molar-refractivity contribution in [2.45, 2.75) is 44.0 Å². The number of halogens is 1. The molecule has 1 heterocycles. The van der Waals surface area contributed by atoms with Crippen LogP contribution in [0.3, 0.4) is 0 Å². The first-order valence-electron chi connectivity index (χ1n) is 9.18. The maximum Gasteiger partial charge on any atom is 0.183 e. The minimum absolute atomic E-state index is 0.529. The average Bonchev–Trinajstić information content (AvgIpc) is 2.97. The average molecular weight is 420 g/mol. The Morgan fingerprint density at radius 1 is 1.17 bits per heavy atom. The summed E-state index contributed by atoms with van der Waals surface area (Å²) in [6.07, 6.45) is -4.99. The van der Waals surface area contributed by atoms with Crippen molar-refractivity contribution in [1.82, 2.24) is 0 Å². The maximum atomic E-state index is 10.2. The van der Waals surface area contributed by atoms with Crippen LogP contribution in [0.1, 0.15) is 29.7 Å². The molecule has 154 valence electrons. The molecule has 29 heavy (non-hydrogen) atoms. The molecule has 8 nitrogen and oxygen atoms in total. The Bertz CT molecular complexity index is 888. The van der Waals surface area contributed by atoms with Crippen LogP contribution in [0.4, 0.5) is 0 Å². The lowest BCUT2D eigenvalue weighted by Crippen LogP contribution is -2.34. The van der Waals surface area contributed by atoms with E-state index in [4.69, 9.17) is 26.6 Å². The van der Waals surface area contributed by atoms with E-state index in [-0.39, 0.29) is 0 Å². The van der Waals surface area contributed by atoms with Crippen LogP contribution >= 0.6 is 11.6 Å². The number of benzene rings is 2. The summed E-state index contributed by atoms with van der Waals surface area (Å²) in [6.45, 7) is 2.51. The van der Waals surface area contributed by atoms with E-state index in [2.05, 4.69) is 10.0 Å². The quantitative estimate of drug-likeness (QED) is 0.361. The third kappa shape index (κ3) is 4.82. The number of ether oxygens (including phenoxy) is 2. The van der Waals surface area contributed by atoms with Crippen molar-refractivity contribution in [2.75, 3.05) is 6.61 Å². The molecule has 0 aliphatic carbocycles. The topological polar surface area (TPSA) is 128 Å². The molecule has 9 heteroatoms. The van der Waals surface area contributed by atoms with Crippen LogP contribution in [-0.2, 0) is 11.2 Å². The number of rotatable bonds is 7. The van der Waals surface area contributed by atoms with E-state index in [9.17, 15) is 15.3 Å². The zero-order valence-corrected chi connectivity index (χ0v) is 16.5. The molecule has 3 N–H and O–H groups in total. The van der Waals surface area contributed by atoms with Crippen molar-refractivity contribution in [1.29, 1.82) is 0 Å². The molecule has 0 bridgehead atoms. The lowest BCUT2D eigenvalue weighted by atomic mass is 9.94. The highest BCUT2D eigenvalue weighted by molar-refractivity contribution is 6.31. The van der Waals surface area contributed by atoms with Gasteiger partial charge < -0.3 is 24.8 Å². The van der Waals surface area contributed by atoms with Crippen molar-refractivity contribution in [3.05, 3.63) is 74.6 Å². The highest BCUT2D eigenvalue weighted by Gasteiger charge is 2.45. The van der Waals surface area contributed by atoms with E-state index in [1.54, 1.807) is 18.2 Å². The van der Waals surface area contributed by atoms with E-state index in [1.807, 2.05) is 31.2 Å². The van der Waals surface area contributed by atoms with Crippen LogP contribution in [0.15, 0.2) is 47.6 Å². The lowest BCUT2D eigenvalue weighted by molar-refractivity contribution is -0.130. The van der Waals surface area contributed by atoms with Crippen molar-refractivity contribution < 1.29 is 24.8 Å². The number of nitrogens with zero attached hydrogens (tertiary/aromatic N) is 3. The van der Waals surface area contributed by atoms with Gasteiger partial charge in [-0.05, 0) is 53.8 Å². The molecule has 5 atom stereocenters. The minimum Gasteiger partial charge on any atom is -0.494 e. The van der Waals surface area contributed by atoms with Crippen molar-refractivity contribution in [3.8, 4) is 5.75 Å². The molecule has 1 aliphatic rings.